The Morgan fingerprint density at radius 3 is 2.40 bits per heavy atom. The van der Waals surface area contributed by atoms with Gasteiger partial charge in [-0.05, 0) is 42.2 Å². The molecule has 0 fully saturated rings. The van der Waals surface area contributed by atoms with Gasteiger partial charge in [-0.15, -0.1) is 0 Å². The number of ketones is 1. The maximum atomic E-state index is 12.8. The van der Waals surface area contributed by atoms with Crippen LogP contribution in [0.3, 0.4) is 0 Å². The third-order valence-corrected chi connectivity index (χ3v) is 3.56. The minimum absolute atomic E-state index is 0.0367. The van der Waals surface area contributed by atoms with E-state index in [2.05, 4.69) is 26.0 Å². The van der Waals surface area contributed by atoms with Gasteiger partial charge >= 0.3 is 0 Å². The van der Waals surface area contributed by atoms with Gasteiger partial charge in [0.15, 0.2) is 5.78 Å². The first-order valence-electron chi connectivity index (χ1n) is 7.00. The van der Waals surface area contributed by atoms with Crippen LogP contribution in [0, 0.1) is 0 Å². The lowest BCUT2D eigenvalue weighted by molar-refractivity contribution is 0.103. The van der Waals surface area contributed by atoms with Gasteiger partial charge in [-0.25, -0.2) is 0 Å². The Hall–Kier alpha value is -2.09. The standard InChI is InChI=1S/C18H20O2/c1-4-13-10-11-14(5-2)16(12-13)18(19)15-8-6-7-9-17(15)20-3/h6-12H,4-5H2,1-3H3. The summed E-state index contributed by atoms with van der Waals surface area (Å²) in [6, 6.07) is 13.5. The number of methoxy groups -OCH3 is 1. The van der Waals surface area contributed by atoms with Crippen molar-refractivity contribution in [2.75, 3.05) is 7.11 Å². The van der Waals surface area contributed by atoms with E-state index in [4.69, 9.17) is 4.74 Å². The van der Waals surface area contributed by atoms with Gasteiger partial charge < -0.3 is 4.74 Å². The van der Waals surface area contributed by atoms with Crippen LogP contribution in [0.15, 0.2) is 42.5 Å². The summed E-state index contributed by atoms with van der Waals surface area (Å²) in [4.78, 5) is 12.8. The monoisotopic (exact) mass is 268 g/mol. The Morgan fingerprint density at radius 2 is 1.75 bits per heavy atom. The molecule has 0 saturated carbocycles. The minimum atomic E-state index is 0.0367. The molecule has 20 heavy (non-hydrogen) atoms. The van der Waals surface area contributed by atoms with Crippen molar-refractivity contribution in [1.82, 2.24) is 0 Å². The number of hydrogen-bond acceptors (Lipinski definition) is 2. The first-order valence-corrected chi connectivity index (χ1v) is 7.00. The van der Waals surface area contributed by atoms with Crippen molar-refractivity contribution < 1.29 is 9.53 Å². The molecule has 2 heteroatoms. The molecule has 0 heterocycles. The molecule has 2 rings (SSSR count). The van der Waals surface area contributed by atoms with E-state index in [9.17, 15) is 4.79 Å². The highest BCUT2D eigenvalue weighted by Gasteiger charge is 2.17. The average Bonchev–Trinajstić information content (AvgIpc) is 2.53. The topological polar surface area (TPSA) is 26.3 Å². The van der Waals surface area contributed by atoms with Crippen LogP contribution in [0.5, 0.6) is 5.75 Å². The largest absolute Gasteiger partial charge is 0.496 e. The molecular weight excluding hydrogens is 248 g/mol. The SMILES string of the molecule is CCc1ccc(CC)c(C(=O)c2ccccc2OC)c1. The van der Waals surface area contributed by atoms with E-state index in [0.717, 1.165) is 24.0 Å². The normalized spacial score (nSPS) is 10.3. The molecule has 0 aliphatic carbocycles. The summed E-state index contributed by atoms with van der Waals surface area (Å²) >= 11 is 0. The summed E-state index contributed by atoms with van der Waals surface area (Å²) in [6.45, 7) is 4.16. The van der Waals surface area contributed by atoms with E-state index in [1.54, 1.807) is 7.11 Å². The number of ether oxygens (including phenoxy) is 1. The van der Waals surface area contributed by atoms with Crippen molar-refractivity contribution in [3.63, 3.8) is 0 Å². The molecule has 0 unspecified atom stereocenters. The van der Waals surface area contributed by atoms with Crippen LogP contribution in [0.4, 0.5) is 0 Å². The number of benzene rings is 2. The molecular formula is C18H20O2. The van der Waals surface area contributed by atoms with Crippen LogP contribution < -0.4 is 4.74 Å². The van der Waals surface area contributed by atoms with E-state index in [0.29, 0.717) is 11.3 Å². The summed E-state index contributed by atoms with van der Waals surface area (Å²) in [5, 5.41) is 0. The average molecular weight is 268 g/mol. The smallest absolute Gasteiger partial charge is 0.197 e. The number of hydrogen-bond donors (Lipinski definition) is 0. The molecule has 0 aliphatic rings. The van der Waals surface area contributed by atoms with Crippen LogP contribution in [0.25, 0.3) is 0 Å². The molecule has 0 saturated heterocycles. The van der Waals surface area contributed by atoms with Gasteiger partial charge in [0.25, 0.3) is 0 Å². The van der Waals surface area contributed by atoms with Gasteiger partial charge in [-0.3, -0.25) is 4.79 Å². The lowest BCUT2D eigenvalue weighted by atomic mass is 9.94. The Labute approximate surface area is 120 Å². The fraction of sp³-hybridized carbons (Fsp3) is 0.278. The molecule has 0 aromatic heterocycles. The molecule has 0 N–H and O–H groups in total. The van der Waals surface area contributed by atoms with Gasteiger partial charge in [0.1, 0.15) is 5.75 Å². The van der Waals surface area contributed by atoms with Crippen molar-refractivity contribution in [2.24, 2.45) is 0 Å². The van der Waals surface area contributed by atoms with Gasteiger partial charge in [0.2, 0.25) is 0 Å². The summed E-state index contributed by atoms with van der Waals surface area (Å²) in [5.74, 6) is 0.663. The van der Waals surface area contributed by atoms with Crippen molar-refractivity contribution >= 4 is 5.78 Å². The fourth-order valence-electron chi connectivity index (χ4n) is 2.34. The Kier molecular flexibility index (Phi) is 4.57. The first kappa shape index (κ1) is 14.3. The molecule has 0 atom stereocenters. The zero-order valence-electron chi connectivity index (χ0n) is 12.3. The lowest BCUT2D eigenvalue weighted by Crippen LogP contribution is -2.07. The number of aryl methyl sites for hydroxylation is 2. The fourth-order valence-corrected chi connectivity index (χ4v) is 2.34. The van der Waals surface area contributed by atoms with Gasteiger partial charge in [-0.2, -0.15) is 0 Å². The third-order valence-electron chi connectivity index (χ3n) is 3.56. The molecule has 0 bridgehead atoms. The highest BCUT2D eigenvalue weighted by Crippen LogP contribution is 2.24. The number of carbonyl (C=O) groups excluding carboxylic acids is 1. The highest BCUT2D eigenvalue weighted by atomic mass is 16.5. The zero-order valence-corrected chi connectivity index (χ0v) is 12.3. The van der Waals surface area contributed by atoms with Crippen LogP contribution in [0.2, 0.25) is 0 Å². The molecule has 0 aliphatic heterocycles. The van der Waals surface area contributed by atoms with E-state index < -0.39 is 0 Å². The van der Waals surface area contributed by atoms with Crippen molar-refractivity contribution in [3.8, 4) is 5.75 Å². The Morgan fingerprint density at radius 1 is 1.00 bits per heavy atom. The molecule has 104 valence electrons. The maximum absolute atomic E-state index is 12.8. The third kappa shape index (κ3) is 2.74. The second kappa shape index (κ2) is 6.38. The van der Waals surface area contributed by atoms with Crippen LogP contribution in [-0.2, 0) is 12.8 Å². The van der Waals surface area contributed by atoms with Crippen molar-refractivity contribution in [3.05, 3.63) is 64.7 Å². The van der Waals surface area contributed by atoms with Gasteiger partial charge in [0.05, 0.1) is 12.7 Å². The summed E-state index contributed by atoms with van der Waals surface area (Å²) < 4.78 is 5.30. The van der Waals surface area contributed by atoms with Crippen molar-refractivity contribution in [2.45, 2.75) is 26.7 Å². The highest BCUT2D eigenvalue weighted by molar-refractivity contribution is 6.11. The van der Waals surface area contributed by atoms with Gasteiger partial charge in [0, 0.05) is 5.56 Å². The second-order valence-corrected chi connectivity index (χ2v) is 4.73. The van der Waals surface area contributed by atoms with E-state index in [-0.39, 0.29) is 5.78 Å². The summed E-state index contributed by atoms with van der Waals surface area (Å²) in [6.07, 6.45) is 1.77. The quantitative estimate of drug-likeness (QED) is 0.765. The Bertz CT molecular complexity index is 615. The van der Waals surface area contributed by atoms with Crippen LogP contribution in [0.1, 0.15) is 40.9 Å². The molecule has 0 spiro atoms. The summed E-state index contributed by atoms with van der Waals surface area (Å²) in [5.41, 5.74) is 3.67. The lowest BCUT2D eigenvalue weighted by Gasteiger charge is -2.11. The summed E-state index contributed by atoms with van der Waals surface area (Å²) in [7, 11) is 1.59. The first-order chi connectivity index (χ1) is 9.71. The number of rotatable bonds is 5. The van der Waals surface area contributed by atoms with Crippen molar-refractivity contribution in [1.29, 1.82) is 0 Å². The predicted molar refractivity (Wildman–Crippen MR) is 81.6 cm³/mol. The van der Waals surface area contributed by atoms with E-state index >= 15 is 0 Å². The van der Waals surface area contributed by atoms with Crippen LogP contribution >= 0.6 is 0 Å². The molecule has 2 nitrogen and oxygen atoms in total. The maximum Gasteiger partial charge on any atom is 0.197 e. The molecule has 2 aromatic carbocycles. The number of carbonyl (C=O) groups is 1. The van der Waals surface area contributed by atoms with Crippen LogP contribution in [-0.4, -0.2) is 12.9 Å². The van der Waals surface area contributed by atoms with Gasteiger partial charge in [-0.1, -0.05) is 38.1 Å². The van der Waals surface area contributed by atoms with E-state index in [1.165, 1.54) is 5.56 Å². The predicted octanol–water partition coefficient (Wildman–Crippen LogP) is 4.05. The number of para-hydroxylation sites is 1. The van der Waals surface area contributed by atoms with E-state index in [1.807, 2.05) is 30.3 Å². The molecule has 0 amide bonds. The zero-order chi connectivity index (χ0) is 14.5. The molecule has 0 radical (unpaired) electrons. The minimum Gasteiger partial charge on any atom is -0.496 e. The second-order valence-electron chi connectivity index (χ2n) is 4.73. The molecule has 2 aromatic rings. The Balaban J connectivity index is 2.52.